The Morgan fingerprint density at radius 2 is 1.86 bits per heavy atom. The van der Waals surface area contributed by atoms with Gasteiger partial charge < -0.3 is 15.9 Å². The largest absolute Gasteiger partial charge is 0.402 e. The normalized spacial score (nSPS) is 57.5. The van der Waals surface area contributed by atoms with Gasteiger partial charge in [-0.2, -0.15) is 0 Å². The Morgan fingerprint density at radius 3 is 2.64 bits per heavy atom. The van der Waals surface area contributed by atoms with E-state index in [4.69, 9.17) is 5.73 Å². The van der Waals surface area contributed by atoms with Gasteiger partial charge in [0, 0.05) is 11.1 Å². The van der Waals surface area contributed by atoms with E-state index >= 15 is 0 Å². The van der Waals surface area contributed by atoms with Gasteiger partial charge in [-0.25, -0.2) is 0 Å². The van der Waals surface area contributed by atoms with Gasteiger partial charge >= 0.3 is 0 Å². The molecule has 0 aromatic carbocycles. The lowest BCUT2D eigenvalue weighted by molar-refractivity contribution is -0.165. The van der Waals surface area contributed by atoms with E-state index in [0.29, 0.717) is 29.1 Å². The van der Waals surface area contributed by atoms with Crippen LogP contribution in [-0.4, -0.2) is 22.4 Å². The van der Waals surface area contributed by atoms with Gasteiger partial charge in [-0.05, 0) is 74.0 Å². The van der Waals surface area contributed by atoms with Gasteiger partial charge in [0.15, 0.2) is 0 Å². The highest BCUT2D eigenvalue weighted by atomic mass is 16.3. The summed E-state index contributed by atoms with van der Waals surface area (Å²) in [6.45, 7) is 4.76. The topological polar surface area (TPSA) is 66.5 Å². The summed E-state index contributed by atoms with van der Waals surface area (Å²) in [6, 6.07) is 0. The summed E-state index contributed by atoms with van der Waals surface area (Å²) in [7, 11) is 0. The fourth-order valence-corrected chi connectivity index (χ4v) is 6.81. The Kier molecular flexibility index (Phi) is 3.23. The van der Waals surface area contributed by atoms with Crippen LogP contribution in [0.5, 0.6) is 0 Å². The Morgan fingerprint density at radius 1 is 1.09 bits per heavy atom. The molecule has 3 saturated carbocycles. The molecular weight excluding hydrogens is 274 g/mol. The number of hydrogen-bond donors (Lipinski definition) is 3. The van der Waals surface area contributed by atoms with Gasteiger partial charge in [-0.3, -0.25) is 0 Å². The van der Waals surface area contributed by atoms with Crippen molar-refractivity contribution in [2.75, 3.05) is 0 Å². The summed E-state index contributed by atoms with van der Waals surface area (Å²) >= 11 is 0. The number of hydrogen-bond acceptors (Lipinski definition) is 3. The molecule has 0 saturated heterocycles. The van der Waals surface area contributed by atoms with Gasteiger partial charge in [-0.1, -0.05) is 19.9 Å². The quantitative estimate of drug-likeness (QED) is 0.645. The van der Waals surface area contributed by atoms with Crippen molar-refractivity contribution in [3.8, 4) is 0 Å². The molecule has 0 aromatic heterocycles. The molecule has 3 fully saturated rings. The fraction of sp³-hybridized carbons (Fsp3) is 0.895. The smallest absolute Gasteiger partial charge is 0.0577 e. The van der Waals surface area contributed by atoms with Crippen LogP contribution in [-0.2, 0) is 0 Å². The van der Waals surface area contributed by atoms with Crippen LogP contribution >= 0.6 is 0 Å². The Labute approximate surface area is 134 Å². The minimum absolute atomic E-state index is 0.111. The van der Waals surface area contributed by atoms with E-state index in [-0.39, 0.29) is 17.6 Å². The zero-order valence-electron chi connectivity index (χ0n) is 14.0. The highest BCUT2D eigenvalue weighted by Crippen LogP contribution is 2.65. The van der Waals surface area contributed by atoms with Crippen LogP contribution in [0.3, 0.4) is 0 Å². The van der Waals surface area contributed by atoms with E-state index < -0.39 is 0 Å². The highest BCUT2D eigenvalue weighted by molar-refractivity contribution is 5.23. The number of aliphatic hydroxyl groups excluding tert-OH is 2. The molecular formula is C19H31NO2. The van der Waals surface area contributed by atoms with Crippen LogP contribution in [0.2, 0.25) is 0 Å². The van der Waals surface area contributed by atoms with Crippen LogP contribution in [0.4, 0.5) is 0 Å². The molecule has 4 N–H and O–H groups in total. The standard InChI is InChI=1S/C19H31NO2/c1-18-7-5-12(21)9-11(18)10-15(22)17-13-3-4-16(20)19(13,2)8-6-14(17)18/h4,11-15,17,21-22H,3,5-10,20H2,1-2H3/t11-,12-,13-,14-,15-,17-,18-,19-/m0/s1. The molecule has 0 aliphatic heterocycles. The number of fused-ring (bicyclic) bond motifs is 5. The molecule has 0 bridgehead atoms. The van der Waals surface area contributed by atoms with Crippen LogP contribution in [0.1, 0.15) is 58.8 Å². The zero-order valence-corrected chi connectivity index (χ0v) is 14.0. The number of rotatable bonds is 0. The molecule has 22 heavy (non-hydrogen) atoms. The molecule has 0 amide bonds. The van der Waals surface area contributed by atoms with Crippen molar-refractivity contribution in [1.82, 2.24) is 0 Å². The third-order valence-electron chi connectivity index (χ3n) is 8.30. The number of allylic oxidation sites excluding steroid dienone is 2. The molecule has 4 aliphatic rings. The average Bonchev–Trinajstić information content (AvgIpc) is 2.77. The molecule has 8 atom stereocenters. The number of aliphatic hydroxyl groups is 2. The first-order chi connectivity index (χ1) is 10.4. The lowest BCUT2D eigenvalue weighted by Crippen LogP contribution is -2.58. The SMILES string of the molecule is C[C@]12CC[C@H](O)C[C@H]1C[C@H](O)[C@@H]1[C@@H]2CC[C@]2(C)C(N)=CC[C@@H]12. The minimum Gasteiger partial charge on any atom is -0.402 e. The van der Waals surface area contributed by atoms with E-state index in [9.17, 15) is 10.2 Å². The molecule has 0 radical (unpaired) electrons. The summed E-state index contributed by atoms with van der Waals surface area (Å²) in [5.74, 6) is 2.01. The minimum atomic E-state index is -0.211. The zero-order chi connectivity index (χ0) is 15.7. The predicted molar refractivity (Wildman–Crippen MR) is 86.8 cm³/mol. The van der Waals surface area contributed by atoms with Crippen molar-refractivity contribution in [1.29, 1.82) is 0 Å². The van der Waals surface area contributed by atoms with Crippen LogP contribution < -0.4 is 5.73 Å². The molecule has 0 unspecified atom stereocenters. The first-order valence-electron chi connectivity index (χ1n) is 9.18. The monoisotopic (exact) mass is 305 g/mol. The van der Waals surface area contributed by atoms with E-state index in [1.807, 2.05) is 0 Å². The summed E-state index contributed by atoms with van der Waals surface area (Å²) in [6.07, 6.45) is 9.08. The van der Waals surface area contributed by atoms with Crippen LogP contribution in [0.25, 0.3) is 0 Å². The second-order valence-electron chi connectivity index (χ2n) is 9.08. The second-order valence-corrected chi connectivity index (χ2v) is 9.08. The van der Waals surface area contributed by atoms with Gasteiger partial charge in [0.1, 0.15) is 0 Å². The molecule has 124 valence electrons. The van der Waals surface area contributed by atoms with Crippen molar-refractivity contribution in [3.63, 3.8) is 0 Å². The van der Waals surface area contributed by atoms with E-state index in [1.54, 1.807) is 0 Å². The first-order valence-corrected chi connectivity index (χ1v) is 9.18. The fourth-order valence-electron chi connectivity index (χ4n) is 6.81. The second kappa shape index (κ2) is 4.73. The highest BCUT2D eigenvalue weighted by Gasteiger charge is 2.60. The summed E-state index contributed by atoms with van der Waals surface area (Å²) in [5.41, 5.74) is 7.80. The van der Waals surface area contributed by atoms with Gasteiger partial charge in [0.25, 0.3) is 0 Å². The van der Waals surface area contributed by atoms with E-state index in [2.05, 4.69) is 19.9 Å². The van der Waals surface area contributed by atoms with Crippen LogP contribution in [0.15, 0.2) is 11.8 Å². The average molecular weight is 305 g/mol. The third kappa shape index (κ3) is 1.81. The Balaban J connectivity index is 1.68. The number of nitrogens with two attached hydrogens (primary N) is 1. The van der Waals surface area contributed by atoms with Crippen molar-refractivity contribution in [2.24, 2.45) is 40.2 Å². The van der Waals surface area contributed by atoms with Crippen molar-refractivity contribution < 1.29 is 10.2 Å². The van der Waals surface area contributed by atoms with Gasteiger partial charge in [0.05, 0.1) is 12.2 Å². The lowest BCUT2D eigenvalue weighted by atomic mass is 9.44. The molecule has 0 spiro atoms. The third-order valence-corrected chi connectivity index (χ3v) is 8.30. The maximum Gasteiger partial charge on any atom is 0.0577 e. The molecule has 3 heteroatoms. The van der Waals surface area contributed by atoms with Crippen molar-refractivity contribution >= 4 is 0 Å². The predicted octanol–water partition coefficient (Wildman–Crippen LogP) is 2.81. The molecule has 0 aromatic rings. The maximum atomic E-state index is 10.9. The Bertz CT molecular complexity index is 504. The summed E-state index contributed by atoms with van der Waals surface area (Å²) in [5, 5.41) is 21.0. The summed E-state index contributed by atoms with van der Waals surface area (Å²) in [4.78, 5) is 0. The van der Waals surface area contributed by atoms with Crippen molar-refractivity contribution in [2.45, 2.75) is 71.0 Å². The molecule has 3 nitrogen and oxygen atoms in total. The van der Waals surface area contributed by atoms with Gasteiger partial charge in [0.2, 0.25) is 0 Å². The molecule has 0 heterocycles. The molecule has 4 aliphatic carbocycles. The van der Waals surface area contributed by atoms with Crippen molar-refractivity contribution in [3.05, 3.63) is 11.8 Å². The Hall–Kier alpha value is -0.540. The summed E-state index contributed by atoms with van der Waals surface area (Å²) < 4.78 is 0. The van der Waals surface area contributed by atoms with Gasteiger partial charge in [-0.15, -0.1) is 0 Å². The van der Waals surface area contributed by atoms with Crippen LogP contribution in [0, 0.1) is 34.5 Å². The maximum absolute atomic E-state index is 10.9. The molecule has 4 rings (SSSR count). The van der Waals surface area contributed by atoms with E-state index in [0.717, 1.165) is 37.8 Å². The van der Waals surface area contributed by atoms with E-state index in [1.165, 1.54) is 12.8 Å². The lowest BCUT2D eigenvalue weighted by Gasteiger charge is -2.61. The first kappa shape index (κ1) is 15.0.